The maximum absolute atomic E-state index is 12.7. The molecule has 1 fully saturated rings. The maximum atomic E-state index is 12.7. The number of unbranched alkanes of at least 4 members (excludes halogenated alkanes) is 2. The third-order valence-corrected chi connectivity index (χ3v) is 10.7. The Morgan fingerprint density at radius 2 is 1.52 bits per heavy atom. The molecule has 1 aliphatic heterocycles. The van der Waals surface area contributed by atoms with Gasteiger partial charge in [0.2, 0.25) is 11.8 Å². The maximum Gasteiger partial charge on any atom is 0.338 e. The van der Waals surface area contributed by atoms with Gasteiger partial charge >= 0.3 is 5.97 Å². The lowest BCUT2D eigenvalue weighted by atomic mass is 9.97. The Hall–Kier alpha value is -5.53. The summed E-state index contributed by atoms with van der Waals surface area (Å²) in [4.78, 5) is 41.1. The lowest BCUT2D eigenvalue weighted by Gasteiger charge is -2.36. The number of aliphatic hydroxyl groups is 1. The first-order valence-electron chi connectivity index (χ1n) is 18.7. The number of amides is 2. The van der Waals surface area contributed by atoms with Gasteiger partial charge in [-0.15, -0.1) is 11.8 Å². The molecule has 1 aliphatic rings. The molecule has 2 heterocycles. The van der Waals surface area contributed by atoms with Gasteiger partial charge in [-0.05, 0) is 64.9 Å². The number of anilines is 2. The van der Waals surface area contributed by atoms with Crippen molar-refractivity contribution in [1.29, 1.82) is 0 Å². The van der Waals surface area contributed by atoms with Gasteiger partial charge in [-0.25, -0.2) is 9.78 Å². The van der Waals surface area contributed by atoms with Crippen molar-refractivity contribution in [3.63, 3.8) is 0 Å². The molecule has 1 aromatic heterocycles. The van der Waals surface area contributed by atoms with E-state index in [1.54, 1.807) is 30.5 Å². The highest BCUT2D eigenvalue weighted by molar-refractivity contribution is 7.99. The number of benzene rings is 4. The number of aromatic nitrogens is 1. The minimum atomic E-state index is -1.03. The lowest BCUT2D eigenvalue weighted by Crippen LogP contribution is -2.31. The summed E-state index contributed by atoms with van der Waals surface area (Å²) in [6.45, 7) is 0.326. The smallest absolute Gasteiger partial charge is 0.338 e. The van der Waals surface area contributed by atoms with Crippen LogP contribution in [0.5, 0.6) is 0 Å². The summed E-state index contributed by atoms with van der Waals surface area (Å²) < 4.78 is 13.0. The van der Waals surface area contributed by atoms with E-state index in [1.807, 2.05) is 84.9 Å². The SMILES string of the molecule is Nc1ccccc1NC(=O)CCCCCC(=O)NCc1ccccc1-c1ccc([C@@H]2O[C@H](CSc3ncccc3C(=O)O)C[C@H](c3ccc(CO)cc3)O2)cc1. The fourth-order valence-electron chi connectivity index (χ4n) is 6.49. The quantitative estimate of drug-likeness (QED) is 0.0353. The number of aliphatic hydroxyl groups excluding tert-OH is 1. The van der Waals surface area contributed by atoms with Crippen LogP contribution in [0.1, 0.15) is 83.5 Å². The number of carboxylic acid groups (broad SMARTS) is 1. The average molecular weight is 775 g/mol. The van der Waals surface area contributed by atoms with Crippen molar-refractivity contribution in [2.24, 2.45) is 0 Å². The fraction of sp³-hybridized carbons (Fsp3) is 0.273. The van der Waals surface area contributed by atoms with Crippen LogP contribution in [0.3, 0.4) is 0 Å². The van der Waals surface area contributed by atoms with Crippen LogP contribution < -0.4 is 16.4 Å². The van der Waals surface area contributed by atoms with Gasteiger partial charge in [0.25, 0.3) is 0 Å². The van der Waals surface area contributed by atoms with Crippen LogP contribution in [-0.4, -0.2) is 44.8 Å². The summed E-state index contributed by atoms with van der Waals surface area (Å²) in [5.41, 5.74) is 12.7. The summed E-state index contributed by atoms with van der Waals surface area (Å²) in [6, 6.07) is 33.9. The molecule has 0 aliphatic carbocycles. The summed E-state index contributed by atoms with van der Waals surface area (Å²) >= 11 is 1.34. The number of aromatic carboxylic acids is 1. The first kappa shape index (κ1) is 40.1. The van der Waals surface area contributed by atoms with Crippen molar-refractivity contribution in [2.75, 3.05) is 16.8 Å². The molecule has 6 N–H and O–H groups in total. The number of carboxylic acids is 1. The number of ether oxygens (including phenoxy) is 2. The highest BCUT2D eigenvalue weighted by Gasteiger charge is 2.32. The third-order valence-electron chi connectivity index (χ3n) is 9.55. The average Bonchev–Trinajstić information content (AvgIpc) is 3.23. The second kappa shape index (κ2) is 19.9. The van der Waals surface area contributed by atoms with Gasteiger partial charge in [-0.1, -0.05) is 91.3 Å². The molecule has 5 aromatic rings. The van der Waals surface area contributed by atoms with Gasteiger partial charge in [0, 0.05) is 43.3 Å². The number of carbonyl (C=O) groups is 3. The van der Waals surface area contributed by atoms with E-state index < -0.39 is 12.3 Å². The zero-order valence-corrected chi connectivity index (χ0v) is 31.8. The Kier molecular flexibility index (Phi) is 14.2. The summed E-state index contributed by atoms with van der Waals surface area (Å²) in [5.74, 6) is -0.693. The molecule has 4 aromatic carbocycles. The fourth-order valence-corrected chi connectivity index (χ4v) is 7.50. The van der Waals surface area contributed by atoms with Crippen molar-refractivity contribution in [1.82, 2.24) is 10.3 Å². The van der Waals surface area contributed by atoms with Crippen LogP contribution in [0.4, 0.5) is 11.4 Å². The van der Waals surface area contributed by atoms with Crippen LogP contribution in [0.2, 0.25) is 0 Å². The third kappa shape index (κ3) is 11.0. The van der Waals surface area contributed by atoms with Crippen LogP contribution in [-0.2, 0) is 32.2 Å². The Morgan fingerprint density at radius 3 is 2.27 bits per heavy atom. The highest BCUT2D eigenvalue weighted by Crippen LogP contribution is 2.40. The van der Waals surface area contributed by atoms with Crippen LogP contribution in [0.15, 0.2) is 120 Å². The normalized spacial score (nSPS) is 16.6. The van der Waals surface area contributed by atoms with Gasteiger partial charge < -0.3 is 36.1 Å². The largest absolute Gasteiger partial charge is 0.478 e. The molecule has 11 nitrogen and oxygen atoms in total. The van der Waals surface area contributed by atoms with Gasteiger partial charge in [0.15, 0.2) is 6.29 Å². The van der Waals surface area contributed by atoms with Crippen molar-refractivity contribution >= 4 is 40.9 Å². The molecule has 3 atom stereocenters. The molecule has 0 unspecified atom stereocenters. The molecule has 56 heavy (non-hydrogen) atoms. The number of nitrogens with two attached hydrogens (primary N) is 1. The zero-order chi connectivity index (χ0) is 39.3. The Labute approximate surface area is 330 Å². The monoisotopic (exact) mass is 774 g/mol. The van der Waals surface area contributed by atoms with E-state index >= 15 is 0 Å². The number of rotatable bonds is 17. The van der Waals surface area contributed by atoms with Crippen LogP contribution in [0.25, 0.3) is 11.1 Å². The van der Waals surface area contributed by atoms with E-state index in [9.17, 15) is 24.6 Å². The van der Waals surface area contributed by atoms with E-state index in [-0.39, 0.29) is 36.2 Å². The number of hydrogen-bond acceptors (Lipinski definition) is 9. The van der Waals surface area contributed by atoms with Crippen molar-refractivity contribution < 1.29 is 34.1 Å². The molecular weight excluding hydrogens is 729 g/mol. The summed E-state index contributed by atoms with van der Waals surface area (Å²) in [6.07, 6.45) is 3.75. The van der Waals surface area contributed by atoms with Gasteiger partial charge in [0.1, 0.15) is 5.03 Å². The predicted molar refractivity (Wildman–Crippen MR) is 217 cm³/mol. The number of nitrogens with zero attached hydrogens (tertiary/aromatic N) is 1. The Bertz CT molecular complexity index is 2090. The van der Waals surface area contributed by atoms with E-state index in [0.717, 1.165) is 39.8 Å². The minimum absolute atomic E-state index is 0.0428. The van der Waals surface area contributed by atoms with E-state index in [4.69, 9.17) is 15.2 Å². The molecule has 0 saturated carbocycles. The number of para-hydroxylation sites is 2. The number of nitrogens with one attached hydrogen (secondary N) is 2. The van der Waals surface area contributed by atoms with E-state index in [2.05, 4.69) is 15.6 Å². The van der Waals surface area contributed by atoms with Gasteiger partial charge in [0.05, 0.1) is 35.8 Å². The molecule has 6 rings (SSSR count). The second-order valence-corrected chi connectivity index (χ2v) is 14.6. The molecule has 290 valence electrons. The first-order valence-corrected chi connectivity index (χ1v) is 19.7. The van der Waals surface area contributed by atoms with E-state index in [1.165, 1.54) is 11.8 Å². The molecular formula is C44H46N4O7S. The summed E-state index contributed by atoms with van der Waals surface area (Å²) in [5, 5.41) is 25.5. The van der Waals surface area contributed by atoms with Crippen molar-refractivity contribution in [2.45, 2.75) is 75.2 Å². The van der Waals surface area contributed by atoms with Crippen LogP contribution >= 0.6 is 11.8 Å². The lowest BCUT2D eigenvalue weighted by molar-refractivity contribution is -0.245. The predicted octanol–water partition coefficient (Wildman–Crippen LogP) is 8.06. The first-order chi connectivity index (χ1) is 27.3. The topological polar surface area (TPSA) is 173 Å². The minimum Gasteiger partial charge on any atom is -0.478 e. The molecule has 1 saturated heterocycles. The number of pyridine rings is 1. The molecule has 0 bridgehead atoms. The van der Waals surface area contributed by atoms with Gasteiger partial charge in [-0.3, -0.25) is 9.59 Å². The van der Waals surface area contributed by atoms with Crippen molar-refractivity contribution in [3.8, 4) is 11.1 Å². The molecule has 0 radical (unpaired) electrons. The van der Waals surface area contributed by atoms with Gasteiger partial charge in [-0.2, -0.15) is 0 Å². The van der Waals surface area contributed by atoms with Crippen molar-refractivity contribution in [3.05, 3.63) is 143 Å². The van der Waals surface area contributed by atoms with Crippen LogP contribution in [0, 0.1) is 0 Å². The summed E-state index contributed by atoms with van der Waals surface area (Å²) in [7, 11) is 0. The number of thioether (sulfide) groups is 1. The number of carbonyl (C=O) groups excluding carboxylic acids is 2. The number of hydrogen-bond donors (Lipinski definition) is 5. The zero-order valence-electron chi connectivity index (χ0n) is 30.9. The molecule has 0 spiro atoms. The molecule has 2 amide bonds. The highest BCUT2D eigenvalue weighted by atomic mass is 32.2. The number of nitrogen functional groups attached to an aromatic ring is 1. The second-order valence-electron chi connectivity index (χ2n) is 13.6. The van der Waals surface area contributed by atoms with E-state index in [0.29, 0.717) is 60.8 Å². The Morgan fingerprint density at radius 1 is 0.804 bits per heavy atom. The Balaban J connectivity index is 1.05. The standard InChI is InChI=1S/C44H46N4O7S/c45-37-12-6-7-13-38(37)48-41(51)15-3-1-2-14-40(50)47-26-33-9-4-5-10-35(33)30-20-22-32(23-21-30)44-54-34(28-56-42-36(43(52)53)11-8-24-46-42)25-39(55-44)31-18-16-29(27-49)17-19-31/h4-13,16-24,34,39,44,49H,1-3,14-15,25-28,45H2,(H,47,50)(H,48,51)(H,52,53)/t34-,39+,44+/m0/s1. The molecule has 12 heteroatoms.